The SMILES string of the molecule is CCN(CC)S(=O)(=O)c1ccc(NC(=O)[C@@H](C)Oc2ccc(C)c(C)c2)cc1. The van der Waals surface area contributed by atoms with Crippen molar-refractivity contribution in [2.45, 2.75) is 45.6 Å². The molecule has 7 heteroatoms. The van der Waals surface area contributed by atoms with Crippen LogP contribution in [0.2, 0.25) is 0 Å². The molecule has 152 valence electrons. The summed E-state index contributed by atoms with van der Waals surface area (Å²) < 4.78 is 32.1. The molecular weight excluding hydrogens is 376 g/mol. The molecule has 28 heavy (non-hydrogen) atoms. The molecule has 2 aromatic carbocycles. The molecule has 0 aliphatic carbocycles. The van der Waals surface area contributed by atoms with Crippen LogP contribution >= 0.6 is 0 Å². The van der Waals surface area contributed by atoms with Crippen LogP contribution in [0.5, 0.6) is 5.75 Å². The van der Waals surface area contributed by atoms with Gasteiger partial charge in [-0.1, -0.05) is 19.9 Å². The lowest BCUT2D eigenvalue weighted by molar-refractivity contribution is -0.122. The Labute approximate surface area is 167 Å². The smallest absolute Gasteiger partial charge is 0.265 e. The number of carbonyl (C=O) groups is 1. The van der Waals surface area contributed by atoms with Crippen LogP contribution in [0.25, 0.3) is 0 Å². The number of ether oxygens (including phenoxy) is 1. The Morgan fingerprint density at radius 3 is 2.18 bits per heavy atom. The summed E-state index contributed by atoms with van der Waals surface area (Å²) >= 11 is 0. The van der Waals surface area contributed by atoms with E-state index in [1.807, 2.05) is 32.0 Å². The molecule has 2 rings (SSSR count). The number of hydrogen-bond donors (Lipinski definition) is 1. The Hall–Kier alpha value is -2.38. The van der Waals surface area contributed by atoms with Crippen molar-refractivity contribution in [3.63, 3.8) is 0 Å². The molecule has 2 aromatic rings. The van der Waals surface area contributed by atoms with Gasteiger partial charge in [0.05, 0.1) is 4.90 Å². The number of aryl methyl sites for hydroxylation is 2. The molecule has 0 bridgehead atoms. The van der Waals surface area contributed by atoms with E-state index in [0.29, 0.717) is 24.5 Å². The maximum absolute atomic E-state index is 12.5. The van der Waals surface area contributed by atoms with Crippen molar-refractivity contribution < 1.29 is 17.9 Å². The summed E-state index contributed by atoms with van der Waals surface area (Å²) in [5.74, 6) is 0.323. The summed E-state index contributed by atoms with van der Waals surface area (Å²) in [6, 6.07) is 11.8. The van der Waals surface area contributed by atoms with Crippen molar-refractivity contribution in [1.29, 1.82) is 0 Å². The van der Waals surface area contributed by atoms with Gasteiger partial charge in [0.2, 0.25) is 10.0 Å². The van der Waals surface area contributed by atoms with E-state index < -0.39 is 16.1 Å². The molecule has 0 saturated carbocycles. The third-order valence-electron chi connectivity index (χ3n) is 4.63. The van der Waals surface area contributed by atoms with E-state index in [4.69, 9.17) is 4.74 Å². The Morgan fingerprint density at radius 1 is 1.04 bits per heavy atom. The monoisotopic (exact) mass is 404 g/mol. The summed E-state index contributed by atoms with van der Waals surface area (Å²) in [5.41, 5.74) is 2.76. The van der Waals surface area contributed by atoms with Crippen molar-refractivity contribution in [3.8, 4) is 5.75 Å². The summed E-state index contributed by atoms with van der Waals surface area (Å²) in [6.07, 6.45) is -0.693. The predicted octanol–water partition coefficient (Wildman–Crippen LogP) is 3.74. The molecule has 1 N–H and O–H groups in total. The van der Waals surface area contributed by atoms with Crippen molar-refractivity contribution in [2.24, 2.45) is 0 Å². The fraction of sp³-hybridized carbons (Fsp3) is 0.381. The Balaban J connectivity index is 2.04. The average molecular weight is 405 g/mol. The second kappa shape index (κ2) is 9.21. The van der Waals surface area contributed by atoms with Gasteiger partial charge in [-0.25, -0.2) is 8.42 Å². The summed E-state index contributed by atoms with van der Waals surface area (Å²) in [7, 11) is -3.52. The number of hydrogen-bond acceptors (Lipinski definition) is 4. The van der Waals surface area contributed by atoms with Crippen LogP contribution in [0.4, 0.5) is 5.69 Å². The van der Waals surface area contributed by atoms with Crippen LogP contribution in [-0.4, -0.2) is 37.8 Å². The van der Waals surface area contributed by atoms with Crippen molar-refractivity contribution in [1.82, 2.24) is 4.31 Å². The third-order valence-corrected chi connectivity index (χ3v) is 6.69. The number of rotatable bonds is 8. The van der Waals surface area contributed by atoms with Gasteiger partial charge in [-0.2, -0.15) is 4.31 Å². The Bertz CT molecular complexity index is 920. The molecule has 0 aromatic heterocycles. The van der Waals surface area contributed by atoms with E-state index in [9.17, 15) is 13.2 Å². The van der Waals surface area contributed by atoms with E-state index in [0.717, 1.165) is 11.1 Å². The van der Waals surface area contributed by atoms with E-state index in [1.165, 1.54) is 16.4 Å². The van der Waals surface area contributed by atoms with E-state index in [2.05, 4.69) is 5.32 Å². The molecule has 0 heterocycles. The highest BCUT2D eigenvalue weighted by molar-refractivity contribution is 7.89. The Morgan fingerprint density at radius 2 is 1.64 bits per heavy atom. The molecule has 0 aliphatic rings. The van der Waals surface area contributed by atoms with E-state index in [-0.39, 0.29) is 10.8 Å². The molecule has 0 aliphatic heterocycles. The lowest BCUT2D eigenvalue weighted by atomic mass is 10.1. The first kappa shape index (κ1) is 21.9. The summed E-state index contributed by atoms with van der Waals surface area (Å²) in [6.45, 7) is 10.1. The van der Waals surface area contributed by atoms with Gasteiger partial charge in [0, 0.05) is 18.8 Å². The average Bonchev–Trinajstić information content (AvgIpc) is 2.66. The van der Waals surface area contributed by atoms with Gasteiger partial charge >= 0.3 is 0 Å². The van der Waals surface area contributed by atoms with Crippen LogP contribution in [0.1, 0.15) is 31.9 Å². The summed E-state index contributed by atoms with van der Waals surface area (Å²) in [4.78, 5) is 12.6. The predicted molar refractivity (Wildman–Crippen MR) is 111 cm³/mol. The molecule has 0 spiro atoms. The van der Waals surface area contributed by atoms with Crippen molar-refractivity contribution in [2.75, 3.05) is 18.4 Å². The summed E-state index contributed by atoms with van der Waals surface area (Å²) in [5, 5.41) is 2.75. The van der Waals surface area contributed by atoms with E-state index >= 15 is 0 Å². The van der Waals surface area contributed by atoms with Crippen molar-refractivity contribution in [3.05, 3.63) is 53.6 Å². The number of nitrogens with one attached hydrogen (secondary N) is 1. The first-order chi connectivity index (χ1) is 13.2. The second-order valence-electron chi connectivity index (χ2n) is 6.61. The molecule has 0 unspecified atom stereocenters. The number of benzene rings is 2. The maximum atomic E-state index is 12.5. The van der Waals surface area contributed by atoms with Gasteiger partial charge in [-0.15, -0.1) is 0 Å². The fourth-order valence-corrected chi connectivity index (χ4v) is 4.17. The van der Waals surface area contributed by atoms with E-state index in [1.54, 1.807) is 32.9 Å². The normalized spacial score (nSPS) is 12.6. The lowest BCUT2D eigenvalue weighted by Gasteiger charge is -2.19. The first-order valence-electron chi connectivity index (χ1n) is 9.34. The van der Waals surface area contributed by atoms with Gasteiger partial charge < -0.3 is 10.1 Å². The van der Waals surface area contributed by atoms with Gasteiger partial charge in [0.25, 0.3) is 5.91 Å². The zero-order chi connectivity index (χ0) is 20.9. The molecule has 1 amide bonds. The third kappa shape index (κ3) is 5.11. The number of anilines is 1. The van der Waals surface area contributed by atoms with Crippen LogP contribution in [-0.2, 0) is 14.8 Å². The first-order valence-corrected chi connectivity index (χ1v) is 10.8. The quantitative estimate of drug-likeness (QED) is 0.727. The molecule has 0 fully saturated rings. The molecule has 1 atom stereocenters. The number of amides is 1. The minimum atomic E-state index is -3.52. The lowest BCUT2D eigenvalue weighted by Crippen LogP contribution is -2.31. The van der Waals surface area contributed by atoms with Crippen LogP contribution in [0.3, 0.4) is 0 Å². The fourth-order valence-electron chi connectivity index (χ4n) is 2.71. The minimum absolute atomic E-state index is 0.202. The zero-order valence-corrected chi connectivity index (χ0v) is 17.8. The molecule has 0 saturated heterocycles. The Kier molecular flexibility index (Phi) is 7.21. The largest absolute Gasteiger partial charge is 0.481 e. The molecular formula is C21H28N2O4S. The van der Waals surface area contributed by atoms with Crippen LogP contribution in [0.15, 0.2) is 47.4 Å². The minimum Gasteiger partial charge on any atom is -0.481 e. The number of carbonyl (C=O) groups excluding carboxylic acids is 1. The maximum Gasteiger partial charge on any atom is 0.265 e. The van der Waals surface area contributed by atoms with Gasteiger partial charge in [-0.3, -0.25) is 4.79 Å². The number of nitrogens with zero attached hydrogens (tertiary/aromatic N) is 1. The topological polar surface area (TPSA) is 75.7 Å². The van der Waals surface area contributed by atoms with Crippen LogP contribution < -0.4 is 10.1 Å². The molecule has 6 nitrogen and oxygen atoms in total. The van der Waals surface area contributed by atoms with Gasteiger partial charge in [0.1, 0.15) is 5.75 Å². The van der Waals surface area contributed by atoms with Crippen LogP contribution in [0, 0.1) is 13.8 Å². The van der Waals surface area contributed by atoms with Gasteiger partial charge in [0.15, 0.2) is 6.10 Å². The van der Waals surface area contributed by atoms with Gasteiger partial charge in [-0.05, 0) is 68.3 Å². The highest BCUT2D eigenvalue weighted by Gasteiger charge is 2.21. The highest BCUT2D eigenvalue weighted by Crippen LogP contribution is 2.20. The number of sulfonamides is 1. The standard InChI is InChI=1S/C21H28N2O4S/c1-6-23(7-2)28(25,26)20-12-9-18(10-13-20)22-21(24)17(5)27-19-11-8-15(3)16(4)14-19/h8-14,17H,6-7H2,1-5H3,(H,22,24)/t17-/m1/s1. The zero-order valence-electron chi connectivity index (χ0n) is 17.0. The second-order valence-corrected chi connectivity index (χ2v) is 8.55. The molecule has 0 radical (unpaired) electrons. The van der Waals surface area contributed by atoms with Crippen molar-refractivity contribution >= 4 is 21.6 Å². The highest BCUT2D eigenvalue weighted by atomic mass is 32.2.